The highest BCUT2D eigenvalue weighted by Gasteiger charge is 2.21. The van der Waals surface area contributed by atoms with Crippen LogP contribution >= 0.6 is 0 Å². The highest BCUT2D eigenvalue weighted by atomic mass is 19.3. The van der Waals surface area contributed by atoms with Crippen molar-refractivity contribution in [3.63, 3.8) is 0 Å². The van der Waals surface area contributed by atoms with Crippen LogP contribution in [0.15, 0.2) is 6.07 Å². The molecule has 7 heteroatoms. The summed E-state index contributed by atoms with van der Waals surface area (Å²) in [6, 6.07) is 1.30. The van der Waals surface area contributed by atoms with Crippen molar-refractivity contribution >= 4 is 5.97 Å². The number of carbonyl (C=O) groups excluding carboxylic acids is 1. The molecule has 0 atom stereocenters. The Morgan fingerprint density at radius 2 is 2.21 bits per heavy atom. The number of nitrogens with two attached hydrogens (primary N) is 1. The molecule has 0 saturated carbocycles. The van der Waals surface area contributed by atoms with Crippen molar-refractivity contribution in [3.8, 4) is 5.75 Å². The molecule has 0 saturated heterocycles. The van der Waals surface area contributed by atoms with E-state index in [1.54, 1.807) is 6.92 Å². The van der Waals surface area contributed by atoms with Gasteiger partial charge in [-0.15, -0.1) is 0 Å². The minimum atomic E-state index is -2.74. The van der Waals surface area contributed by atoms with Gasteiger partial charge in [0.2, 0.25) is 0 Å². The zero-order valence-electron chi connectivity index (χ0n) is 10.8. The van der Waals surface area contributed by atoms with Gasteiger partial charge in [0.05, 0.1) is 37.1 Å². The zero-order chi connectivity index (χ0) is 14.4. The van der Waals surface area contributed by atoms with Crippen LogP contribution in [0.25, 0.3) is 0 Å². The number of alkyl halides is 2. The minimum Gasteiger partial charge on any atom is -0.496 e. The van der Waals surface area contributed by atoms with E-state index < -0.39 is 12.4 Å². The van der Waals surface area contributed by atoms with Gasteiger partial charge in [-0.1, -0.05) is 0 Å². The maximum absolute atomic E-state index is 12.9. The Morgan fingerprint density at radius 3 is 2.68 bits per heavy atom. The number of esters is 1. The largest absolute Gasteiger partial charge is 0.496 e. The number of methoxy groups -OCH3 is 1. The number of halogens is 2. The van der Waals surface area contributed by atoms with Gasteiger partial charge >= 0.3 is 5.97 Å². The van der Waals surface area contributed by atoms with Crippen LogP contribution in [0.5, 0.6) is 5.75 Å². The molecule has 0 spiro atoms. The number of hydrogen-bond acceptors (Lipinski definition) is 5. The highest BCUT2D eigenvalue weighted by molar-refractivity contribution is 5.72. The van der Waals surface area contributed by atoms with Crippen molar-refractivity contribution in [2.75, 3.05) is 13.7 Å². The van der Waals surface area contributed by atoms with Crippen LogP contribution in [-0.2, 0) is 22.5 Å². The Balaban J connectivity index is 3.12. The predicted octanol–water partition coefficient (Wildman–Crippen LogP) is 1.59. The summed E-state index contributed by atoms with van der Waals surface area (Å²) < 4.78 is 35.5. The molecule has 1 aromatic heterocycles. The molecular formula is C12H16F2N2O3. The predicted molar refractivity (Wildman–Crippen MR) is 64.0 cm³/mol. The topological polar surface area (TPSA) is 74.4 Å². The molecule has 0 amide bonds. The molecule has 5 nitrogen and oxygen atoms in total. The van der Waals surface area contributed by atoms with Crippen LogP contribution in [0.3, 0.4) is 0 Å². The molecule has 1 heterocycles. The molecule has 0 fully saturated rings. The summed E-state index contributed by atoms with van der Waals surface area (Å²) in [6.45, 7) is 1.76. The van der Waals surface area contributed by atoms with E-state index in [1.165, 1.54) is 13.2 Å². The van der Waals surface area contributed by atoms with E-state index in [9.17, 15) is 13.6 Å². The van der Waals surface area contributed by atoms with Gasteiger partial charge in [0.15, 0.2) is 0 Å². The second kappa shape index (κ2) is 6.98. The summed E-state index contributed by atoms with van der Waals surface area (Å²) in [5.41, 5.74) is 5.38. The first kappa shape index (κ1) is 15.3. The molecular weight excluding hydrogens is 258 g/mol. The van der Waals surface area contributed by atoms with Crippen LogP contribution in [0.1, 0.15) is 30.3 Å². The first-order chi connectivity index (χ1) is 9.03. The first-order valence-electron chi connectivity index (χ1n) is 5.73. The number of hydrogen-bond donors (Lipinski definition) is 1. The number of nitrogens with zero attached hydrogens (tertiary/aromatic N) is 1. The Bertz CT molecular complexity index is 428. The number of rotatable bonds is 6. The fourth-order valence-corrected chi connectivity index (χ4v) is 1.65. The average Bonchev–Trinajstić information content (AvgIpc) is 2.37. The van der Waals surface area contributed by atoms with Crippen LogP contribution < -0.4 is 10.5 Å². The summed E-state index contributed by atoms with van der Waals surface area (Å²) in [7, 11) is 1.27. The molecule has 0 aliphatic heterocycles. The second-order valence-electron chi connectivity index (χ2n) is 3.66. The van der Waals surface area contributed by atoms with E-state index in [2.05, 4.69) is 4.98 Å². The number of aromatic nitrogens is 1. The Kier molecular flexibility index (Phi) is 5.62. The minimum absolute atomic E-state index is 0.0219. The third-order valence-corrected chi connectivity index (χ3v) is 2.41. The van der Waals surface area contributed by atoms with E-state index >= 15 is 0 Å². The molecule has 0 radical (unpaired) electrons. The maximum Gasteiger partial charge on any atom is 0.311 e. The van der Waals surface area contributed by atoms with Gasteiger partial charge in [-0.05, 0) is 6.92 Å². The van der Waals surface area contributed by atoms with Gasteiger partial charge in [0.1, 0.15) is 5.75 Å². The third kappa shape index (κ3) is 3.85. The quantitative estimate of drug-likeness (QED) is 0.797. The maximum atomic E-state index is 12.9. The lowest BCUT2D eigenvalue weighted by Crippen LogP contribution is -2.13. The van der Waals surface area contributed by atoms with Gasteiger partial charge in [0.25, 0.3) is 6.43 Å². The number of pyridine rings is 1. The van der Waals surface area contributed by atoms with Crippen LogP contribution in [-0.4, -0.2) is 24.7 Å². The molecule has 0 aliphatic carbocycles. The average molecular weight is 274 g/mol. The van der Waals surface area contributed by atoms with Gasteiger partial charge in [-0.25, -0.2) is 8.78 Å². The van der Waals surface area contributed by atoms with E-state index in [0.717, 1.165) is 0 Å². The summed E-state index contributed by atoms with van der Waals surface area (Å²) in [4.78, 5) is 15.3. The summed E-state index contributed by atoms with van der Waals surface area (Å²) in [5, 5.41) is 0. The van der Waals surface area contributed by atoms with Crippen LogP contribution in [0, 0.1) is 0 Å². The fourth-order valence-electron chi connectivity index (χ4n) is 1.65. The second-order valence-corrected chi connectivity index (χ2v) is 3.66. The summed E-state index contributed by atoms with van der Waals surface area (Å²) in [5.74, 6) is -0.505. The van der Waals surface area contributed by atoms with Gasteiger partial charge in [0, 0.05) is 12.6 Å². The SMILES string of the molecule is CCOC(=O)Cc1cc(OC)c(C(F)F)c(CN)n1. The van der Waals surface area contributed by atoms with Crippen LogP contribution in [0.2, 0.25) is 0 Å². The molecule has 19 heavy (non-hydrogen) atoms. The number of ether oxygens (including phenoxy) is 2. The van der Waals surface area contributed by atoms with E-state index in [1.807, 2.05) is 0 Å². The lowest BCUT2D eigenvalue weighted by Gasteiger charge is -2.13. The first-order valence-corrected chi connectivity index (χ1v) is 5.73. The highest BCUT2D eigenvalue weighted by Crippen LogP contribution is 2.32. The Labute approximate surface area is 109 Å². The molecule has 2 N–H and O–H groups in total. The van der Waals surface area contributed by atoms with Crippen molar-refractivity contribution in [2.45, 2.75) is 26.3 Å². The lowest BCUT2D eigenvalue weighted by atomic mass is 10.1. The molecule has 1 rings (SSSR count). The van der Waals surface area contributed by atoms with E-state index in [-0.39, 0.29) is 36.6 Å². The molecule has 0 aliphatic rings. The van der Waals surface area contributed by atoms with Crippen molar-refractivity contribution in [3.05, 3.63) is 23.0 Å². The Hall–Kier alpha value is -1.76. The van der Waals surface area contributed by atoms with E-state index in [0.29, 0.717) is 5.69 Å². The normalized spacial score (nSPS) is 10.6. The van der Waals surface area contributed by atoms with Crippen molar-refractivity contribution in [1.82, 2.24) is 4.98 Å². The van der Waals surface area contributed by atoms with Gasteiger partial charge < -0.3 is 15.2 Å². The number of carbonyl (C=O) groups is 1. The van der Waals surface area contributed by atoms with Crippen molar-refractivity contribution in [2.24, 2.45) is 5.73 Å². The monoisotopic (exact) mass is 274 g/mol. The summed E-state index contributed by atoms with van der Waals surface area (Å²) in [6.07, 6.45) is -2.85. The smallest absolute Gasteiger partial charge is 0.311 e. The standard InChI is InChI=1S/C12H16F2N2O3/c1-3-19-10(17)5-7-4-9(18-2)11(12(13)14)8(6-15)16-7/h4,12H,3,5-6,15H2,1-2H3. The van der Waals surface area contributed by atoms with Gasteiger partial charge in [-0.3, -0.25) is 9.78 Å². The fraction of sp³-hybridized carbons (Fsp3) is 0.500. The molecule has 0 bridgehead atoms. The molecule has 1 aromatic rings. The molecule has 0 aromatic carbocycles. The third-order valence-electron chi connectivity index (χ3n) is 2.41. The molecule has 0 unspecified atom stereocenters. The van der Waals surface area contributed by atoms with E-state index in [4.69, 9.17) is 15.2 Å². The van der Waals surface area contributed by atoms with Crippen LogP contribution in [0.4, 0.5) is 8.78 Å². The summed E-state index contributed by atoms with van der Waals surface area (Å²) >= 11 is 0. The van der Waals surface area contributed by atoms with Crippen molar-refractivity contribution < 1.29 is 23.0 Å². The Morgan fingerprint density at radius 1 is 1.53 bits per heavy atom. The van der Waals surface area contributed by atoms with Crippen molar-refractivity contribution in [1.29, 1.82) is 0 Å². The van der Waals surface area contributed by atoms with Gasteiger partial charge in [-0.2, -0.15) is 0 Å². The molecule has 106 valence electrons. The zero-order valence-corrected chi connectivity index (χ0v) is 10.8. The lowest BCUT2D eigenvalue weighted by molar-refractivity contribution is -0.142.